The fourth-order valence-corrected chi connectivity index (χ4v) is 4.22. The van der Waals surface area contributed by atoms with Gasteiger partial charge in [-0.25, -0.2) is 0 Å². The first-order valence-corrected chi connectivity index (χ1v) is 10.3. The Balaban J connectivity index is 1.68. The van der Waals surface area contributed by atoms with Gasteiger partial charge in [0.05, 0.1) is 13.2 Å². The molecule has 3 aromatic rings. The van der Waals surface area contributed by atoms with Crippen LogP contribution in [0.4, 0.5) is 0 Å². The van der Waals surface area contributed by atoms with Gasteiger partial charge in [-0.15, -0.1) is 0 Å². The van der Waals surface area contributed by atoms with Crippen LogP contribution in [0.3, 0.4) is 0 Å². The van der Waals surface area contributed by atoms with E-state index in [0.29, 0.717) is 5.92 Å². The Kier molecular flexibility index (Phi) is 5.54. The van der Waals surface area contributed by atoms with Crippen molar-refractivity contribution in [2.45, 2.75) is 45.3 Å². The second-order valence-corrected chi connectivity index (χ2v) is 8.02. The van der Waals surface area contributed by atoms with Crippen LogP contribution in [-0.4, -0.2) is 23.1 Å². The lowest BCUT2D eigenvalue weighted by atomic mass is 9.96. The number of hydrogen-bond acceptors (Lipinski definition) is 2. The van der Waals surface area contributed by atoms with Crippen LogP contribution in [0.25, 0.3) is 0 Å². The fraction of sp³-hybridized carbons (Fsp3) is 0.360. The Morgan fingerprint density at radius 1 is 0.964 bits per heavy atom. The molecule has 3 heteroatoms. The lowest BCUT2D eigenvalue weighted by Gasteiger charge is -2.31. The number of hydrogen-bond donors (Lipinski definition) is 0. The van der Waals surface area contributed by atoms with E-state index in [1.165, 1.54) is 28.8 Å². The number of benzene rings is 2. The van der Waals surface area contributed by atoms with Crippen molar-refractivity contribution in [1.29, 1.82) is 0 Å². The number of methoxy groups -OCH3 is 1. The largest absolute Gasteiger partial charge is 0.497 e. The van der Waals surface area contributed by atoms with E-state index < -0.39 is 0 Å². The maximum Gasteiger partial charge on any atom is 0.118 e. The summed E-state index contributed by atoms with van der Waals surface area (Å²) in [5, 5.41) is 0. The lowest BCUT2D eigenvalue weighted by Crippen LogP contribution is -2.29. The highest BCUT2D eigenvalue weighted by Gasteiger charge is 2.27. The summed E-state index contributed by atoms with van der Waals surface area (Å²) in [5.74, 6) is 1.47. The average Bonchev–Trinajstić information content (AvgIpc) is 3.10. The van der Waals surface area contributed by atoms with Gasteiger partial charge in [0, 0.05) is 31.5 Å². The summed E-state index contributed by atoms with van der Waals surface area (Å²) in [6.07, 6.45) is 3.39. The van der Waals surface area contributed by atoms with E-state index >= 15 is 0 Å². The van der Waals surface area contributed by atoms with Gasteiger partial charge in [-0.2, -0.15) is 0 Å². The van der Waals surface area contributed by atoms with Crippen LogP contribution in [0.5, 0.6) is 5.75 Å². The zero-order chi connectivity index (χ0) is 19.5. The molecule has 1 aliphatic heterocycles. The molecule has 0 spiro atoms. The predicted molar refractivity (Wildman–Crippen MR) is 115 cm³/mol. The Hall–Kier alpha value is -2.52. The normalized spacial score (nSPS) is 17.4. The molecule has 4 rings (SSSR count). The average molecular weight is 375 g/mol. The van der Waals surface area contributed by atoms with Gasteiger partial charge >= 0.3 is 0 Å². The number of fused-ring (bicyclic) bond motifs is 1. The first kappa shape index (κ1) is 18.8. The van der Waals surface area contributed by atoms with Crippen LogP contribution in [0.1, 0.15) is 54.6 Å². The van der Waals surface area contributed by atoms with Gasteiger partial charge in [0.1, 0.15) is 5.75 Å². The number of nitrogens with zero attached hydrogens (tertiary/aromatic N) is 2. The molecule has 0 N–H and O–H groups in total. The van der Waals surface area contributed by atoms with Crippen LogP contribution in [0.2, 0.25) is 0 Å². The van der Waals surface area contributed by atoms with Crippen molar-refractivity contribution in [1.82, 2.24) is 9.47 Å². The van der Waals surface area contributed by atoms with Crippen LogP contribution < -0.4 is 4.74 Å². The summed E-state index contributed by atoms with van der Waals surface area (Å²) in [6, 6.07) is 22.5. The third kappa shape index (κ3) is 3.85. The van der Waals surface area contributed by atoms with E-state index in [1.807, 2.05) is 0 Å². The molecule has 0 bridgehead atoms. The van der Waals surface area contributed by atoms with Crippen LogP contribution in [0.15, 0.2) is 66.9 Å². The molecule has 1 atom stereocenters. The maximum absolute atomic E-state index is 5.32. The van der Waals surface area contributed by atoms with Crippen LogP contribution in [-0.2, 0) is 13.1 Å². The minimum atomic E-state index is 0.279. The molecule has 3 nitrogen and oxygen atoms in total. The molecule has 1 aliphatic rings. The minimum Gasteiger partial charge on any atom is -0.497 e. The summed E-state index contributed by atoms with van der Waals surface area (Å²) < 4.78 is 7.74. The fourth-order valence-electron chi connectivity index (χ4n) is 4.22. The van der Waals surface area contributed by atoms with Gasteiger partial charge in [-0.1, -0.05) is 50.2 Å². The first-order valence-electron chi connectivity index (χ1n) is 10.3. The molecule has 1 aromatic heterocycles. The van der Waals surface area contributed by atoms with Gasteiger partial charge in [0.15, 0.2) is 0 Å². The maximum atomic E-state index is 5.32. The number of aromatic nitrogens is 1. The Morgan fingerprint density at radius 3 is 2.39 bits per heavy atom. The highest BCUT2D eigenvalue weighted by atomic mass is 16.5. The van der Waals surface area contributed by atoms with Gasteiger partial charge < -0.3 is 9.30 Å². The molecule has 0 amide bonds. The second kappa shape index (κ2) is 8.24. The summed E-state index contributed by atoms with van der Waals surface area (Å²) in [7, 11) is 1.72. The quantitative estimate of drug-likeness (QED) is 0.577. The molecule has 0 radical (unpaired) electrons. The van der Waals surface area contributed by atoms with Gasteiger partial charge in [0.25, 0.3) is 0 Å². The molecule has 2 aromatic carbocycles. The first-order chi connectivity index (χ1) is 13.7. The predicted octanol–water partition coefficient (Wildman–Crippen LogP) is 5.62. The van der Waals surface area contributed by atoms with Gasteiger partial charge in [0.2, 0.25) is 0 Å². The van der Waals surface area contributed by atoms with Crippen LogP contribution in [0, 0.1) is 0 Å². The minimum absolute atomic E-state index is 0.279. The molecular formula is C25H30N2O. The Morgan fingerprint density at radius 2 is 1.71 bits per heavy atom. The van der Waals surface area contributed by atoms with Crippen molar-refractivity contribution in [2.24, 2.45) is 0 Å². The molecule has 0 fully saturated rings. The Labute approximate surface area is 168 Å². The zero-order valence-corrected chi connectivity index (χ0v) is 17.1. The molecule has 0 saturated heterocycles. The third-order valence-electron chi connectivity index (χ3n) is 5.82. The van der Waals surface area contributed by atoms with Crippen LogP contribution >= 0.6 is 0 Å². The van der Waals surface area contributed by atoms with Crippen molar-refractivity contribution in [3.05, 3.63) is 89.2 Å². The number of rotatable bonds is 5. The molecule has 28 heavy (non-hydrogen) atoms. The number of ether oxygens (including phenoxy) is 1. The van der Waals surface area contributed by atoms with Crippen molar-refractivity contribution in [3.8, 4) is 5.75 Å². The van der Waals surface area contributed by atoms with E-state index in [0.717, 1.165) is 25.4 Å². The smallest absolute Gasteiger partial charge is 0.118 e. The monoisotopic (exact) mass is 374 g/mol. The standard InChI is InChI=1S/C25H30N2O/c1-19(2)21-9-11-22(12-10-21)25-24-6-4-15-26(24)16-5-17-27(25)18-20-7-13-23(28-3)14-8-20/h4,6-15,19,25H,5,16-18H2,1-3H3/t25-/m0/s1. The van der Waals surface area contributed by atoms with Crippen molar-refractivity contribution in [2.75, 3.05) is 13.7 Å². The molecule has 0 aliphatic carbocycles. The molecule has 0 unspecified atom stereocenters. The summed E-state index contributed by atoms with van der Waals surface area (Å²) in [4.78, 5) is 2.62. The van der Waals surface area contributed by atoms with Gasteiger partial charge in [-0.05, 0) is 53.3 Å². The van der Waals surface area contributed by atoms with Crippen molar-refractivity contribution >= 4 is 0 Å². The molecule has 146 valence electrons. The molecular weight excluding hydrogens is 344 g/mol. The summed E-state index contributed by atoms with van der Waals surface area (Å²) in [5.41, 5.74) is 5.49. The van der Waals surface area contributed by atoms with E-state index in [2.05, 4.69) is 90.2 Å². The SMILES string of the molecule is COc1ccc(CN2CCCn3cccc3[C@@H]2c2ccc(C(C)C)cc2)cc1. The van der Waals surface area contributed by atoms with Crippen molar-refractivity contribution < 1.29 is 4.74 Å². The van der Waals surface area contributed by atoms with E-state index in [9.17, 15) is 0 Å². The molecule has 0 saturated carbocycles. The molecule has 2 heterocycles. The van der Waals surface area contributed by atoms with E-state index in [4.69, 9.17) is 4.74 Å². The lowest BCUT2D eigenvalue weighted by molar-refractivity contribution is 0.220. The van der Waals surface area contributed by atoms with Gasteiger partial charge in [-0.3, -0.25) is 4.90 Å². The highest BCUT2D eigenvalue weighted by molar-refractivity contribution is 5.34. The van der Waals surface area contributed by atoms with E-state index in [1.54, 1.807) is 7.11 Å². The topological polar surface area (TPSA) is 17.4 Å². The van der Waals surface area contributed by atoms with E-state index in [-0.39, 0.29) is 6.04 Å². The van der Waals surface area contributed by atoms with Crippen molar-refractivity contribution in [3.63, 3.8) is 0 Å². The zero-order valence-electron chi connectivity index (χ0n) is 17.1. The second-order valence-electron chi connectivity index (χ2n) is 8.02. The highest BCUT2D eigenvalue weighted by Crippen LogP contribution is 2.34. The number of aryl methyl sites for hydroxylation is 1. The third-order valence-corrected chi connectivity index (χ3v) is 5.82. The summed E-state index contributed by atoms with van der Waals surface area (Å²) >= 11 is 0. The summed E-state index contributed by atoms with van der Waals surface area (Å²) in [6.45, 7) is 7.61. The Bertz CT molecular complexity index is 893.